The van der Waals surface area contributed by atoms with E-state index in [4.69, 9.17) is 9.73 Å². The summed E-state index contributed by atoms with van der Waals surface area (Å²) in [5, 5.41) is 3.51. The van der Waals surface area contributed by atoms with Gasteiger partial charge in [0.2, 0.25) is 5.88 Å². The highest BCUT2D eigenvalue weighted by Gasteiger charge is 2.38. The second-order valence-corrected chi connectivity index (χ2v) is 11.0. The zero-order valence-electron chi connectivity index (χ0n) is 22.5. The van der Waals surface area contributed by atoms with Gasteiger partial charge in [-0.25, -0.2) is 19.3 Å². The van der Waals surface area contributed by atoms with Crippen molar-refractivity contribution in [1.82, 2.24) is 24.1 Å². The summed E-state index contributed by atoms with van der Waals surface area (Å²) in [6.45, 7) is 4.06. The van der Waals surface area contributed by atoms with Gasteiger partial charge in [-0.1, -0.05) is 6.08 Å². The molecular formula is C28H31F4N7O. The quantitative estimate of drug-likeness (QED) is 0.343. The summed E-state index contributed by atoms with van der Waals surface area (Å²) >= 11 is 0. The van der Waals surface area contributed by atoms with Crippen molar-refractivity contribution in [3.63, 3.8) is 0 Å². The fraction of sp³-hybridized carbons (Fsp3) is 0.500. The van der Waals surface area contributed by atoms with Gasteiger partial charge in [0.1, 0.15) is 24.1 Å². The van der Waals surface area contributed by atoms with Gasteiger partial charge in [0, 0.05) is 48.2 Å². The van der Waals surface area contributed by atoms with E-state index in [1.54, 1.807) is 27.0 Å². The number of imidazole rings is 1. The van der Waals surface area contributed by atoms with Crippen LogP contribution in [0.25, 0.3) is 5.57 Å². The van der Waals surface area contributed by atoms with E-state index >= 15 is 4.39 Å². The number of halogens is 4. The Labute approximate surface area is 229 Å². The van der Waals surface area contributed by atoms with Crippen LogP contribution >= 0.6 is 0 Å². The van der Waals surface area contributed by atoms with E-state index < -0.39 is 24.2 Å². The number of methoxy groups -OCH3 is 1. The molecule has 0 saturated heterocycles. The van der Waals surface area contributed by atoms with Crippen LogP contribution < -0.4 is 10.1 Å². The molecule has 1 saturated carbocycles. The van der Waals surface area contributed by atoms with Gasteiger partial charge in [0.05, 0.1) is 18.4 Å². The molecule has 6 rings (SSSR count). The van der Waals surface area contributed by atoms with Gasteiger partial charge in [-0.05, 0) is 51.5 Å². The number of fused-ring (bicyclic) bond motifs is 1. The minimum absolute atomic E-state index is 0.0458. The van der Waals surface area contributed by atoms with Crippen LogP contribution in [0.5, 0.6) is 5.88 Å². The highest BCUT2D eigenvalue weighted by Crippen LogP contribution is 2.45. The first kappa shape index (κ1) is 26.5. The Morgan fingerprint density at radius 2 is 2.00 bits per heavy atom. The molecule has 3 atom stereocenters. The van der Waals surface area contributed by atoms with Gasteiger partial charge in [-0.2, -0.15) is 13.2 Å². The zero-order valence-corrected chi connectivity index (χ0v) is 22.5. The van der Waals surface area contributed by atoms with Crippen molar-refractivity contribution in [3.05, 3.63) is 59.2 Å². The second kappa shape index (κ2) is 10.0. The lowest BCUT2D eigenvalue weighted by Crippen LogP contribution is -2.24. The van der Waals surface area contributed by atoms with Crippen LogP contribution in [-0.4, -0.2) is 43.6 Å². The van der Waals surface area contributed by atoms with Gasteiger partial charge < -0.3 is 19.2 Å². The van der Waals surface area contributed by atoms with Crippen molar-refractivity contribution in [2.45, 2.75) is 76.5 Å². The molecule has 1 aliphatic heterocycles. The summed E-state index contributed by atoms with van der Waals surface area (Å²) in [5.41, 5.74) is 1.92. The third kappa shape index (κ3) is 4.88. The number of alkyl halides is 4. The maximum atomic E-state index is 15.5. The average Bonchev–Trinajstić information content (AvgIpc) is 3.54. The summed E-state index contributed by atoms with van der Waals surface area (Å²) in [7, 11) is 1.58. The summed E-state index contributed by atoms with van der Waals surface area (Å²) in [6, 6.07) is 1.67. The molecule has 3 aromatic rings. The third-order valence-corrected chi connectivity index (χ3v) is 7.78. The number of anilines is 1. The Balaban J connectivity index is 1.22. The standard InChI is InChI=1S/C28H31F4N7O/c1-15(2)39-13-21(28(30,31)32)36-26(39)19-7-4-16(10-20(19)29)12-38-9-8-18-11-33-24(37-25(18)38)22-23(17-5-6-17)34-14-35-27(22)40-3/h7-9,11,13-17,20,24,37H,4-6,10,12H2,1-3H3. The van der Waals surface area contributed by atoms with Crippen molar-refractivity contribution in [2.75, 3.05) is 12.4 Å². The Morgan fingerprint density at radius 3 is 2.67 bits per heavy atom. The SMILES string of the molecule is COc1ncnc(C2CC2)c1C1N=Cc2ccn(CC3CC=C(c4nc(C(F)(F)F)cn4C(C)C)C(F)C3)c2N1. The van der Waals surface area contributed by atoms with E-state index in [-0.39, 0.29) is 29.8 Å². The van der Waals surface area contributed by atoms with Crippen LogP contribution in [0.15, 0.2) is 35.9 Å². The summed E-state index contributed by atoms with van der Waals surface area (Å²) in [6.07, 6.45) is 4.40. The van der Waals surface area contributed by atoms with Crippen LogP contribution in [0, 0.1) is 5.92 Å². The lowest BCUT2D eigenvalue weighted by atomic mass is 9.87. The fourth-order valence-electron chi connectivity index (χ4n) is 5.61. The molecule has 12 heteroatoms. The first-order valence-electron chi connectivity index (χ1n) is 13.5. The molecule has 4 heterocycles. The largest absolute Gasteiger partial charge is 0.481 e. The minimum atomic E-state index is -4.59. The molecule has 0 spiro atoms. The molecule has 3 unspecified atom stereocenters. The Kier molecular flexibility index (Phi) is 6.66. The van der Waals surface area contributed by atoms with E-state index in [1.165, 1.54) is 10.9 Å². The number of allylic oxidation sites excluding steroid dienone is 2. The smallest absolute Gasteiger partial charge is 0.434 e. The molecule has 1 N–H and O–H groups in total. The molecule has 0 bridgehead atoms. The van der Waals surface area contributed by atoms with Crippen molar-refractivity contribution in [3.8, 4) is 5.88 Å². The number of nitrogens with one attached hydrogen (secondary N) is 1. The Morgan fingerprint density at radius 1 is 1.20 bits per heavy atom. The van der Waals surface area contributed by atoms with Crippen molar-refractivity contribution in [2.24, 2.45) is 10.9 Å². The average molecular weight is 558 g/mol. The number of ether oxygens (including phenoxy) is 1. The van der Waals surface area contributed by atoms with Crippen LogP contribution in [-0.2, 0) is 12.7 Å². The van der Waals surface area contributed by atoms with E-state index in [0.29, 0.717) is 24.8 Å². The van der Waals surface area contributed by atoms with Crippen molar-refractivity contribution >= 4 is 17.6 Å². The Bertz CT molecular complexity index is 1470. The molecule has 2 aliphatic carbocycles. The van der Waals surface area contributed by atoms with Crippen molar-refractivity contribution in [1.29, 1.82) is 0 Å². The molecule has 8 nitrogen and oxygen atoms in total. The van der Waals surface area contributed by atoms with Crippen LogP contribution in [0.2, 0.25) is 0 Å². The molecule has 0 aromatic carbocycles. The molecule has 0 radical (unpaired) electrons. The summed E-state index contributed by atoms with van der Waals surface area (Å²) in [5.74, 6) is 1.74. The molecular weight excluding hydrogens is 526 g/mol. The second-order valence-electron chi connectivity index (χ2n) is 11.0. The first-order chi connectivity index (χ1) is 19.1. The molecule has 1 fully saturated rings. The molecule has 212 valence electrons. The van der Waals surface area contributed by atoms with Crippen LogP contribution in [0.4, 0.5) is 23.4 Å². The topological polar surface area (TPSA) is 82.2 Å². The fourth-order valence-corrected chi connectivity index (χ4v) is 5.61. The van der Waals surface area contributed by atoms with Gasteiger partial charge in [0.15, 0.2) is 11.9 Å². The number of rotatable bonds is 7. The van der Waals surface area contributed by atoms with Gasteiger partial charge in [0.25, 0.3) is 0 Å². The monoisotopic (exact) mass is 557 g/mol. The highest BCUT2D eigenvalue weighted by atomic mass is 19.4. The number of hydrogen-bond acceptors (Lipinski definition) is 6. The number of aromatic nitrogens is 5. The van der Waals surface area contributed by atoms with Crippen LogP contribution in [0.1, 0.15) is 86.0 Å². The van der Waals surface area contributed by atoms with Gasteiger partial charge in [-0.15, -0.1) is 0 Å². The summed E-state index contributed by atoms with van der Waals surface area (Å²) in [4.78, 5) is 17.3. The van der Waals surface area contributed by atoms with E-state index in [0.717, 1.165) is 41.7 Å². The third-order valence-electron chi connectivity index (χ3n) is 7.78. The van der Waals surface area contributed by atoms with E-state index in [1.807, 2.05) is 23.0 Å². The number of aliphatic imine (C=N–C) groups is 1. The maximum absolute atomic E-state index is 15.5. The molecule has 3 aromatic heterocycles. The predicted octanol–water partition coefficient (Wildman–Crippen LogP) is 6.34. The van der Waals surface area contributed by atoms with E-state index in [2.05, 4.69) is 20.3 Å². The van der Waals surface area contributed by atoms with E-state index in [9.17, 15) is 13.2 Å². The lowest BCUT2D eigenvalue weighted by molar-refractivity contribution is -0.141. The summed E-state index contributed by atoms with van der Waals surface area (Å²) < 4.78 is 64.6. The van der Waals surface area contributed by atoms with Gasteiger partial charge >= 0.3 is 6.18 Å². The van der Waals surface area contributed by atoms with Crippen molar-refractivity contribution < 1.29 is 22.3 Å². The normalized spacial score (nSPS) is 22.7. The number of nitrogens with zero attached hydrogens (tertiary/aromatic N) is 6. The zero-order chi connectivity index (χ0) is 28.2. The highest BCUT2D eigenvalue weighted by molar-refractivity contribution is 5.89. The Hall–Kier alpha value is -3.70. The minimum Gasteiger partial charge on any atom is -0.481 e. The number of hydrogen-bond donors (Lipinski definition) is 1. The van der Waals surface area contributed by atoms with Crippen LogP contribution in [0.3, 0.4) is 0 Å². The predicted molar refractivity (Wildman–Crippen MR) is 142 cm³/mol. The first-order valence-corrected chi connectivity index (χ1v) is 13.5. The molecule has 0 amide bonds. The maximum Gasteiger partial charge on any atom is 0.434 e. The lowest BCUT2D eigenvalue weighted by Gasteiger charge is -2.28. The molecule has 3 aliphatic rings. The molecule has 40 heavy (non-hydrogen) atoms. The van der Waals surface area contributed by atoms with Gasteiger partial charge in [-0.3, -0.25) is 4.99 Å².